The molecule has 70 valence electrons. The Morgan fingerprint density at radius 2 is 1.85 bits per heavy atom. The van der Waals surface area contributed by atoms with Crippen molar-refractivity contribution in [2.45, 2.75) is 6.42 Å². The summed E-state index contributed by atoms with van der Waals surface area (Å²) in [5.41, 5.74) is 12.5. The highest BCUT2D eigenvalue weighted by Crippen LogP contribution is 2.13. The third kappa shape index (κ3) is 3.46. The lowest BCUT2D eigenvalue weighted by Crippen LogP contribution is -2.21. The van der Waals surface area contributed by atoms with Crippen molar-refractivity contribution >= 4 is 27.6 Å². The molecule has 4 N–H and O–H groups in total. The van der Waals surface area contributed by atoms with Crippen LogP contribution < -0.4 is 11.5 Å². The molecule has 0 heterocycles. The Hall–Kier alpha value is -1.03. The summed E-state index contributed by atoms with van der Waals surface area (Å²) in [6.07, 6.45) is 1.02. The lowest BCUT2D eigenvalue weighted by Gasteiger charge is -1.98. The van der Waals surface area contributed by atoms with Crippen molar-refractivity contribution < 1.29 is 0 Å². The number of hydrogen-bond donors (Lipinski definition) is 2. The fourth-order valence-electron chi connectivity index (χ4n) is 0.995. The van der Waals surface area contributed by atoms with Crippen LogP contribution in [-0.2, 0) is 6.42 Å². The molecule has 3 nitrogen and oxygen atoms in total. The van der Waals surface area contributed by atoms with Crippen molar-refractivity contribution in [3.05, 3.63) is 29.8 Å². The normalized spacial score (nSPS) is 9.62. The minimum absolute atomic E-state index is 0.0910. The number of guanidine groups is 1. The van der Waals surface area contributed by atoms with Crippen molar-refractivity contribution in [2.75, 3.05) is 5.33 Å². The zero-order chi connectivity index (χ0) is 9.68. The minimum Gasteiger partial charge on any atom is -0.370 e. The molecule has 0 aliphatic rings. The number of aryl methyl sites for hydroxylation is 1. The van der Waals surface area contributed by atoms with Gasteiger partial charge in [0.05, 0.1) is 5.69 Å². The molecular formula is C9H12BrN3. The van der Waals surface area contributed by atoms with Gasteiger partial charge in [-0.1, -0.05) is 28.1 Å². The molecule has 0 aliphatic heterocycles. The summed E-state index contributed by atoms with van der Waals surface area (Å²) in [4.78, 5) is 3.92. The van der Waals surface area contributed by atoms with Gasteiger partial charge in [0.1, 0.15) is 0 Å². The maximum Gasteiger partial charge on any atom is 0.191 e. The first-order valence-corrected chi connectivity index (χ1v) is 5.09. The number of halogens is 1. The molecule has 4 heteroatoms. The number of nitrogens with two attached hydrogens (primary N) is 2. The highest BCUT2D eigenvalue weighted by Gasteiger charge is 1.92. The van der Waals surface area contributed by atoms with Gasteiger partial charge in [0.15, 0.2) is 5.96 Å². The van der Waals surface area contributed by atoms with Crippen molar-refractivity contribution in [1.82, 2.24) is 0 Å². The first-order valence-electron chi connectivity index (χ1n) is 3.97. The van der Waals surface area contributed by atoms with E-state index in [1.54, 1.807) is 0 Å². The largest absolute Gasteiger partial charge is 0.370 e. The second-order valence-electron chi connectivity index (χ2n) is 2.64. The van der Waals surface area contributed by atoms with Crippen LogP contribution in [0.3, 0.4) is 0 Å². The van der Waals surface area contributed by atoms with Crippen molar-refractivity contribution in [2.24, 2.45) is 16.5 Å². The van der Waals surface area contributed by atoms with Crippen LogP contribution >= 0.6 is 15.9 Å². The topological polar surface area (TPSA) is 64.4 Å². The lowest BCUT2D eigenvalue weighted by molar-refractivity contribution is 1.17. The van der Waals surface area contributed by atoms with Gasteiger partial charge in [-0.2, -0.15) is 0 Å². The first kappa shape index (κ1) is 10.1. The standard InChI is InChI=1S/C9H12BrN3/c10-6-5-7-1-3-8(4-2-7)13-9(11)12/h1-4H,5-6H2,(H4,11,12,13). The summed E-state index contributed by atoms with van der Waals surface area (Å²) >= 11 is 3.38. The Morgan fingerprint density at radius 1 is 1.23 bits per heavy atom. The predicted octanol–water partition coefficient (Wildman–Crippen LogP) is 1.53. The van der Waals surface area contributed by atoms with Crippen molar-refractivity contribution in [3.63, 3.8) is 0 Å². The molecule has 0 saturated heterocycles. The molecule has 0 aliphatic carbocycles. The molecule has 0 unspecified atom stereocenters. The van der Waals surface area contributed by atoms with Crippen LogP contribution in [0.15, 0.2) is 29.3 Å². The predicted molar refractivity (Wildman–Crippen MR) is 59.4 cm³/mol. The molecule has 0 saturated carbocycles. The fourth-order valence-corrected chi connectivity index (χ4v) is 1.45. The van der Waals surface area contributed by atoms with Crippen LogP contribution in [0.5, 0.6) is 0 Å². The maximum atomic E-state index is 5.24. The van der Waals surface area contributed by atoms with Crippen molar-refractivity contribution in [3.8, 4) is 0 Å². The Labute approximate surface area is 86.0 Å². The third-order valence-electron chi connectivity index (χ3n) is 1.58. The fraction of sp³-hybridized carbons (Fsp3) is 0.222. The minimum atomic E-state index is 0.0910. The Kier molecular flexibility index (Phi) is 3.76. The molecule has 0 bridgehead atoms. The van der Waals surface area contributed by atoms with Crippen LogP contribution in [-0.4, -0.2) is 11.3 Å². The average Bonchev–Trinajstić information content (AvgIpc) is 2.08. The first-order chi connectivity index (χ1) is 6.22. The second kappa shape index (κ2) is 4.87. The second-order valence-corrected chi connectivity index (χ2v) is 3.44. The lowest BCUT2D eigenvalue weighted by atomic mass is 10.1. The number of aliphatic imine (C=N–C) groups is 1. The van der Waals surface area contributed by atoms with Crippen LogP contribution in [0.2, 0.25) is 0 Å². The van der Waals surface area contributed by atoms with Crippen molar-refractivity contribution in [1.29, 1.82) is 0 Å². The molecule has 0 aromatic heterocycles. The zero-order valence-corrected chi connectivity index (χ0v) is 8.79. The summed E-state index contributed by atoms with van der Waals surface area (Å²) in [5, 5.41) is 0.967. The zero-order valence-electron chi connectivity index (χ0n) is 7.20. The van der Waals surface area contributed by atoms with E-state index in [1.165, 1.54) is 5.56 Å². The van der Waals surface area contributed by atoms with E-state index in [0.29, 0.717) is 0 Å². The van der Waals surface area contributed by atoms with Gasteiger partial charge in [-0.3, -0.25) is 0 Å². The molecule has 0 radical (unpaired) electrons. The molecule has 0 spiro atoms. The van der Waals surface area contributed by atoms with E-state index in [9.17, 15) is 0 Å². The number of alkyl halides is 1. The van der Waals surface area contributed by atoms with E-state index in [4.69, 9.17) is 11.5 Å². The summed E-state index contributed by atoms with van der Waals surface area (Å²) in [6.45, 7) is 0. The smallest absolute Gasteiger partial charge is 0.191 e. The molecule has 0 fully saturated rings. The maximum absolute atomic E-state index is 5.24. The number of hydrogen-bond acceptors (Lipinski definition) is 1. The SMILES string of the molecule is NC(N)=Nc1ccc(CCBr)cc1. The highest BCUT2D eigenvalue weighted by atomic mass is 79.9. The number of rotatable bonds is 3. The number of benzene rings is 1. The van der Waals surface area contributed by atoms with E-state index >= 15 is 0 Å². The van der Waals surface area contributed by atoms with Gasteiger partial charge in [-0.15, -0.1) is 0 Å². The highest BCUT2D eigenvalue weighted by molar-refractivity contribution is 9.09. The molecule has 1 rings (SSSR count). The van der Waals surface area contributed by atoms with E-state index in [-0.39, 0.29) is 5.96 Å². The van der Waals surface area contributed by atoms with Crippen LogP contribution in [0.4, 0.5) is 5.69 Å². The number of nitrogens with zero attached hydrogens (tertiary/aromatic N) is 1. The Balaban J connectivity index is 2.75. The Morgan fingerprint density at radius 3 is 2.31 bits per heavy atom. The molecule has 13 heavy (non-hydrogen) atoms. The van der Waals surface area contributed by atoms with Gasteiger partial charge >= 0.3 is 0 Å². The quantitative estimate of drug-likeness (QED) is 0.479. The van der Waals surface area contributed by atoms with Crippen LogP contribution in [0.25, 0.3) is 0 Å². The molecule has 1 aromatic carbocycles. The van der Waals surface area contributed by atoms with Crippen LogP contribution in [0, 0.1) is 0 Å². The third-order valence-corrected chi connectivity index (χ3v) is 1.97. The van der Waals surface area contributed by atoms with Gasteiger partial charge in [0, 0.05) is 5.33 Å². The van der Waals surface area contributed by atoms with E-state index in [2.05, 4.69) is 20.9 Å². The molecule has 0 amide bonds. The summed E-state index contributed by atoms with van der Waals surface area (Å²) in [7, 11) is 0. The van der Waals surface area contributed by atoms with Crippen LogP contribution in [0.1, 0.15) is 5.56 Å². The van der Waals surface area contributed by atoms with Gasteiger partial charge in [0.25, 0.3) is 0 Å². The van der Waals surface area contributed by atoms with Gasteiger partial charge in [-0.05, 0) is 24.1 Å². The monoisotopic (exact) mass is 241 g/mol. The molecular weight excluding hydrogens is 230 g/mol. The summed E-state index contributed by atoms with van der Waals surface area (Å²) in [6, 6.07) is 7.83. The van der Waals surface area contributed by atoms with Gasteiger partial charge in [-0.25, -0.2) is 4.99 Å². The van der Waals surface area contributed by atoms with Gasteiger partial charge in [0.2, 0.25) is 0 Å². The summed E-state index contributed by atoms with van der Waals surface area (Å²) < 4.78 is 0. The van der Waals surface area contributed by atoms with Gasteiger partial charge < -0.3 is 11.5 Å². The van der Waals surface area contributed by atoms with E-state index in [1.807, 2.05) is 24.3 Å². The Bertz CT molecular complexity index is 288. The molecule has 0 atom stereocenters. The molecule has 1 aromatic rings. The average molecular weight is 242 g/mol. The summed E-state index contributed by atoms with van der Waals surface area (Å²) in [5.74, 6) is 0.0910. The van der Waals surface area contributed by atoms with E-state index in [0.717, 1.165) is 17.4 Å². The van der Waals surface area contributed by atoms with E-state index < -0.39 is 0 Å².